The van der Waals surface area contributed by atoms with Crippen LogP contribution in [0.25, 0.3) is 31.8 Å². The molecule has 0 aliphatic carbocycles. The van der Waals surface area contributed by atoms with E-state index >= 15 is 0 Å². The van der Waals surface area contributed by atoms with Gasteiger partial charge in [0.05, 0.1) is 0 Å². The molecule has 0 saturated heterocycles. The van der Waals surface area contributed by atoms with E-state index in [1.807, 2.05) is 0 Å². The third-order valence-electron chi connectivity index (χ3n) is 9.10. The molecule has 49 heavy (non-hydrogen) atoms. The summed E-state index contributed by atoms with van der Waals surface area (Å²) >= 11 is 0. The molecule has 7 heteroatoms. The van der Waals surface area contributed by atoms with E-state index in [4.69, 9.17) is 0 Å². The molecule has 0 radical (unpaired) electrons. The molecule has 0 nitrogen and oxygen atoms in total. The van der Waals surface area contributed by atoms with Crippen molar-refractivity contribution in [2.24, 2.45) is 0 Å². The van der Waals surface area contributed by atoms with Crippen molar-refractivity contribution in [1.29, 1.82) is 0 Å². The van der Waals surface area contributed by atoms with Crippen molar-refractivity contribution in [3.8, 4) is 31.8 Å². The van der Waals surface area contributed by atoms with Gasteiger partial charge in [-0.1, -0.05) is 55.2 Å². The Balaban J connectivity index is 0.000000197. The first kappa shape index (κ1) is 42.0. The molecular weight excluding hydrogens is 738 g/mol. The molecule has 0 atom stereocenters. The van der Waals surface area contributed by atoms with E-state index in [1.165, 1.54) is 148 Å². The van der Waals surface area contributed by atoms with Gasteiger partial charge in [-0.25, -0.2) is 0 Å². The van der Waals surface area contributed by atoms with Crippen molar-refractivity contribution in [3.63, 3.8) is 0 Å². The van der Waals surface area contributed by atoms with E-state index in [0.29, 0.717) is 0 Å². The number of rotatable bonds is 3. The van der Waals surface area contributed by atoms with Gasteiger partial charge >= 0.3 is 0 Å². The standard InChI is InChI=1S/3C14H16P2.Ti/c2*1-9-5-13(15-7-11(9)3)14-6-10(2)12(4)8-16-14;1-9-5-6-15-14(12(9)4)13-7-10(2)11(3)8-16-13;/h3*5-8H,1-4H3;. The smallest absolute Gasteiger partial charge is 0.0168 e. The van der Waals surface area contributed by atoms with Gasteiger partial charge in [0.25, 0.3) is 0 Å². The van der Waals surface area contributed by atoms with Gasteiger partial charge in [-0.05, 0) is 215 Å². The molecule has 0 unspecified atom stereocenters. The number of hydrogen-bond donors (Lipinski definition) is 0. The minimum atomic E-state index is 0. The summed E-state index contributed by atoms with van der Waals surface area (Å²) in [7, 11) is 8.04. The van der Waals surface area contributed by atoms with Gasteiger partial charge in [-0.3, -0.25) is 0 Å². The summed E-state index contributed by atoms with van der Waals surface area (Å²) in [5, 5.41) is 8.76. The summed E-state index contributed by atoms with van der Waals surface area (Å²) in [6.45, 7) is 26.3. The van der Waals surface area contributed by atoms with Gasteiger partial charge < -0.3 is 0 Å². The Bertz CT molecular complexity index is 1870. The van der Waals surface area contributed by atoms with Crippen LogP contribution in [-0.4, -0.2) is 0 Å². The van der Waals surface area contributed by atoms with Crippen LogP contribution in [0.3, 0.4) is 0 Å². The Morgan fingerprint density at radius 3 is 0.857 bits per heavy atom. The third kappa shape index (κ3) is 11.6. The Labute approximate surface area is 321 Å². The molecule has 250 valence electrons. The van der Waals surface area contributed by atoms with Crippen LogP contribution in [0.2, 0.25) is 0 Å². The van der Waals surface area contributed by atoms with E-state index in [1.54, 1.807) is 0 Å². The van der Waals surface area contributed by atoms with Gasteiger partial charge in [-0.15, -0.1) is 0 Å². The molecule has 0 bridgehead atoms. The monoisotopic (exact) mass is 786 g/mol. The molecule has 0 N–H and O–H groups in total. The van der Waals surface area contributed by atoms with Crippen LogP contribution in [-0.2, 0) is 21.7 Å². The Morgan fingerprint density at radius 1 is 0.306 bits per heavy atom. The molecule has 0 aliphatic rings. The average molecular weight is 787 g/mol. The molecule has 6 heterocycles. The summed E-state index contributed by atoms with van der Waals surface area (Å²) in [4.78, 5) is 0. The van der Waals surface area contributed by atoms with E-state index < -0.39 is 0 Å². The average Bonchev–Trinajstić information content (AvgIpc) is 3.06. The van der Waals surface area contributed by atoms with E-state index in [2.05, 4.69) is 154 Å². The molecule has 0 aliphatic heterocycles. The van der Waals surface area contributed by atoms with Crippen molar-refractivity contribution < 1.29 is 21.7 Å². The maximum Gasteiger partial charge on any atom is 0.0168 e. The predicted molar refractivity (Wildman–Crippen MR) is 228 cm³/mol. The summed E-state index contributed by atoms with van der Waals surface area (Å²) in [5.74, 6) is 13.8. The van der Waals surface area contributed by atoms with Crippen molar-refractivity contribution in [2.75, 3.05) is 0 Å². The second-order valence-corrected chi connectivity index (χ2v) is 18.9. The first-order chi connectivity index (χ1) is 22.7. The van der Waals surface area contributed by atoms with Gasteiger partial charge in [0.2, 0.25) is 0 Å². The largest absolute Gasteiger partial charge is 0.0672 e. The predicted octanol–water partition coefficient (Wildman–Crippen LogP) is 17.2. The van der Waals surface area contributed by atoms with Crippen LogP contribution in [0.5, 0.6) is 0 Å². The fourth-order valence-corrected chi connectivity index (χ4v) is 11.9. The molecule has 6 aromatic rings. The van der Waals surface area contributed by atoms with Crippen LogP contribution in [0, 0.1) is 83.1 Å². The SMILES string of the molecule is Cc1cpc(-c2cc(C)c(C)cp2)cc1C.Cc1cpc(-c2cc(C)c(C)cp2)cc1C.Cc1cpc(-c2pccc(C)c2C)cc1C.[Ti]. The van der Waals surface area contributed by atoms with Gasteiger partial charge in [0.1, 0.15) is 0 Å². The zero-order chi connectivity index (χ0) is 35.1. The minimum absolute atomic E-state index is 0. The van der Waals surface area contributed by atoms with Crippen LogP contribution < -0.4 is 0 Å². The topological polar surface area (TPSA) is 0 Å². The Hall–Kier alpha value is -1.39. The van der Waals surface area contributed by atoms with Crippen molar-refractivity contribution in [2.45, 2.75) is 83.1 Å². The zero-order valence-electron chi connectivity index (χ0n) is 31.1. The molecular formula is C42H48P6Ti. The fraction of sp³-hybridized carbons (Fsp3) is 0.286. The van der Waals surface area contributed by atoms with Crippen LogP contribution in [0.15, 0.2) is 71.2 Å². The summed E-state index contributed by atoms with van der Waals surface area (Å²) in [5.41, 5.74) is 16.9. The number of aryl methyl sites for hydroxylation is 11. The quantitative estimate of drug-likeness (QED) is 0.157. The van der Waals surface area contributed by atoms with Crippen LogP contribution >= 0.6 is 49.2 Å². The first-order valence-corrected chi connectivity index (χ1v) is 22.1. The van der Waals surface area contributed by atoms with Crippen LogP contribution in [0.1, 0.15) is 66.8 Å². The van der Waals surface area contributed by atoms with Gasteiger partial charge in [0, 0.05) is 53.5 Å². The maximum atomic E-state index is 2.34. The Morgan fingerprint density at radius 2 is 0.571 bits per heavy atom. The van der Waals surface area contributed by atoms with E-state index in [9.17, 15) is 0 Å². The fourth-order valence-electron chi connectivity index (χ4n) is 4.70. The van der Waals surface area contributed by atoms with E-state index in [0.717, 1.165) is 0 Å². The first-order valence-electron chi connectivity index (χ1n) is 16.3. The summed E-state index contributed by atoms with van der Waals surface area (Å²) in [6, 6.07) is 13.9. The van der Waals surface area contributed by atoms with Gasteiger partial charge in [-0.2, -0.15) is 0 Å². The second kappa shape index (κ2) is 19.5. The second-order valence-electron chi connectivity index (χ2n) is 12.9. The molecule has 6 aromatic heterocycles. The molecule has 0 spiro atoms. The van der Waals surface area contributed by atoms with Crippen molar-refractivity contribution >= 4 is 49.2 Å². The van der Waals surface area contributed by atoms with Crippen molar-refractivity contribution in [3.05, 3.63) is 138 Å². The number of hydrogen-bond acceptors (Lipinski definition) is 0. The van der Waals surface area contributed by atoms with Crippen molar-refractivity contribution in [1.82, 2.24) is 0 Å². The third-order valence-corrected chi connectivity index (χ3v) is 16.6. The van der Waals surface area contributed by atoms with Gasteiger partial charge in [0.15, 0.2) is 0 Å². The molecule has 0 fully saturated rings. The molecule has 0 aromatic carbocycles. The summed E-state index contributed by atoms with van der Waals surface area (Å²) < 4.78 is 0. The Kier molecular flexibility index (Phi) is 16.7. The summed E-state index contributed by atoms with van der Waals surface area (Å²) in [6.07, 6.45) is 0. The van der Waals surface area contributed by atoms with E-state index in [-0.39, 0.29) is 21.7 Å². The molecule has 0 amide bonds. The van der Waals surface area contributed by atoms with Crippen LogP contribution in [0.4, 0.5) is 0 Å². The molecule has 6 rings (SSSR count). The molecule has 0 saturated carbocycles. The maximum absolute atomic E-state index is 2.34. The zero-order valence-corrected chi connectivity index (χ0v) is 38.0. The normalized spacial score (nSPS) is 11.3. The minimum Gasteiger partial charge on any atom is -0.0672 e.